The van der Waals surface area contributed by atoms with Gasteiger partial charge in [-0.3, -0.25) is 10.2 Å². The molecular weight excluding hydrogens is 718 g/mol. The predicted octanol–water partition coefficient (Wildman–Crippen LogP) is 7.07. The highest BCUT2D eigenvalue weighted by molar-refractivity contribution is 5.92. The van der Waals surface area contributed by atoms with Crippen LogP contribution in [0.2, 0.25) is 0 Å². The van der Waals surface area contributed by atoms with Gasteiger partial charge < -0.3 is 24.5 Å². The minimum absolute atomic E-state index is 0.0136. The second-order valence-electron chi connectivity index (χ2n) is 11.9. The zero-order valence-electron chi connectivity index (χ0n) is 28.3. The molecule has 0 atom stereocenters. The van der Waals surface area contributed by atoms with Crippen molar-refractivity contribution in [1.29, 1.82) is 0 Å². The molecule has 2 fully saturated rings. The number of nitrogens with one attached hydrogen (secondary N) is 3. The summed E-state index contributed by atoms with van der Waals surface area (Å²) in [6, 6.07) is 3.52. The van der Waals surface area contributed by atoms with E-state index in [-0.39, 0.29) is 45.7 Å². The van der Waals surface area contributed by atoms with Crippen LogP contribution in [0.15, 0.2) is 29.1 Å². The van der Waals surface area contributed by atoms with Gasteiger partial charge in [0, 0.05) is 23.3 Å². The zero-order valence-corrected chi connectivity index (χ0v) is 28.3. The molecule has 53 heavy (non-hydrogen) atoms. The number of ether oxygens (including phenoxy) is 3. The van der Waals surface area contributed by atoms with Gasteiger partial charge in [0.2, 0.25) is 11.6 Å². The minimum atomic E-state index is -3.22. The number of hydrogen-bond donors (Lipinski definition) is 4. The second kappa shape index (κ2) is 18.8. The van der Waals surface area contributed by atoms with Crippen molar-refractivity contribution in [3.63, 3.8) is 0 Å². The number of aromatic nitrogens is 4. The number of H-pyrrole nitrogens is 1. The fourth-order valence-corrected chi connectivity index (χ4v) is 5.94. The van der Waals surface area contributed by atoms with Crippen LogP contribution in [0.3, 0.4) is 0 Å². The van der Waals surface area contributed by atoms with Crippen LogP contribution in [0.5, 0.6) is 11.5 Å². The molecule has 286 valence electrons. The molecule has 6 rings (SSSR count). The van der Waals surface area contributed by atoms with E-state index in [2.05, 4.69) is 44.9 Å². The lowest BCUT2D eigenvalue weighted by Gasteiger charge is -2.19. The molecule has 2 saturated carbocycles. The predicted molar refractivity (Wildman–Crippen MR) is 178 cm³/mol. The third kappa shape index (κ3) is 10.7. The summed E-state index contributed by atoms with van der Waals surface area (Å²) in [6.45, 7) is 0.395. The molecule has 2 aliphatic rings. The highest BCUT2D eigenvalue weighted by Gasteiger charge is 2.23. The van der Waals surface area contributed by atoms with E-state index in [4.69, 9.17) is 12.4 Å². The van der Waals surface area contributed by atoms with Gasteiger partial charge in [-0.15, -0.1) is 5.10 Å². The smallest absolute Gasteiger partial charge is 0.410 e. The Balaban J connectivity index is 0.000000196. The Bertz CT molecular complexity index is 1990. The Morgan fingerprint density at radius 3 is 2.09 bits per heavy atom. The van der Waals surface area contributed by atoms with Gasteiger partial charge in [-0.25, -0.2) is 34.0 Å². The number of hydrazine groups is 1. The van der Waals surface area contributed by atoms with Crippen LogP contribution < -0.4 is 31.7 Å². The fraction of sp³-hybridized carbons (Fsp3) is 0.455. The topological polar surface area (TPSA) is 179 Å². The van der Waals surface area contributed by atoms with Crippen molar-refractivity contribution >= 4 is 39.9 Å². The number of aromatic amines is 1. The van der Waals surface area contributed by atoms with Crippen LogP contribution in [0.25, 0.3) is 21.4 Å². The number of amides is 2. The number of halogens is 6. The molecule has 2 aromatic carbocycles. The number of fused-ring (bicyclic) bond motifs is 3. The lowest BCUT2D eigenvalue weighted by atomic mass is 9.89. The Labute approximate surface area is 297 Å². The van der Waals surface area contributed by atoms with E-state index in [1.165, 1.54) is 25.7 Å². The highest BCUT2D eigenvalue weighted by atomic mass is 19.3. The Morgan fingerprint density at radius 2 is 1.53 bits per heavy atom. The van der Waals surface area contributed by atoms with Crippen molar-refractivity contribution in [2.45, 2.75) is 83.3 Å². The summed E-state index contributed by atoms with van der Waals surface area (Å²) in [5.74, 6) is 2.46. The van der Waals surface area contributed by atoms with E-state index < -0.39 is 48.1 Å². The van der Waals surface area contributed by atoms with Crippen molar-refractivity contribution in [3.05, 3.63) is 63.6 Å². The molecule has 5 N–H and O–H groups in total. The number of hydrogen-bond acceptors (Lipinski definition) is 9. The largest absolute Gasteiger partial charge is 0.453 e. The quantitative estimate of drug-likeness (QED) is 0.0505. The molecule has 0 saturated heterocycles. The number of benzene rings is 2. The molecule has 20 heteroatoms. The van der Waals surface area contributed by atoms with Gasteiger partial charge in [0.15, 0.2) is 34.6 Å². The molecule has 0 bridgehead atoms. The van der Waals surface area contributed by atoms with Crippen molar-refractivity contribution in [2.24, 2.45) is 11.8 Å². The molecule has 0 spiro atoms. The number of carbonyl (C=O) groups is 2. The summed E-state index contributed by atoms with van der Waals surface area (Å²) in [6.07, 6.45) is 9.98. The minimum Gasteiger partial charge on any atom is -0.453 e. The van der Waals surface area contributed by atoms with Crippen LogP contribution in [0.4, 0.5) is 42.5 Å². The average molecular weight is 755 g/mol. The van der Waals surface area contributed by atoms with Crippen LogP contribution in [-0.4, -0.2) is 51.9 Å². The molecule has 0 unspecified atom stereocenters. The summed E-state index contributed by atoms with van der Waals surface area (Å²) >= 11 is 0. The van der Waals surface area contributed by atoms with Gasteiger partial charge >= 0.3 is 25.0 Å². The summed E-state index contributed by atoms with van der Waals surface area (Å²) in [4.78, 5) is 44.0. The molecule has 2 heterocycles. The Hall–Kier alpha value is -5.58. The van der Waals surface area contributed by atoms with Gasteiger partial charge in [-0.2, -0.15) is 22.1 Å². The van der Waals surface area contributed by atoms with E-state index in [1.807, 2.05) is 0 Å². The first-order valence-electron chi connectivity index (χ1n) is 16.4. The lowest BCUT2D eigenvalue weighted by molar-refractivity contribution is -0.126. The standard InChI is InChI=1S/C16H15F3N4O2.C10H7F3N2O3.C7H14N2O/c17-10-6-9-11(7-12(10)25-15(18)19)20-16(24)23-14(9)21-13(22-23)8-4-2-1-3-5-8;1-14-6-3-5(11)8(18-9(12)13)4-7(6)15-10(16)17-2;8-9-7(10)6-4-2-1-3-5-6/h6-8,15H,1-5H2,(H,20,24);3-4,9H,2H3,(H,15,16);6H,1-5,8H2,(H,9,10). The van der Waals surface area contributed by atoms with Crippen molar-refractivity contribution in [2.75, 3.05) is 12.4 Å². The lowest BCUT2D eigenvalue weighted by Crippen LogP contribution is -2.36. The number of alkyl halides is 4. The molecule has 2 amide bonds. The third-order valence-corrected chi connectivity index (χ3v) is 8.48. The monoisotopic (exact) mass is 754 g/mol. The number of nitrogens with two attached hydrogens (primary N) is 1. The summed E-state index contributed by atoms with van der Waals surface area (Å²) in [5.41, 5.74) is 1.56. The molecule has 4 aromatic rings. The number of rotatable bonds is 7. The maximum atomic E-state index is 14.1. The SMILES string of the molecule is NNC(=O)C1CCCCC1.O=c1[nH]c2cc(OC(F)F)c(F)cc2c2nc(C3CCCCC3)nn12.[C-]#[N+]c1cc(F)c(OC(F)F)cc1NC(=O)OC. The molecular formula is C33H36F6N8O6. The first kappa shape index (κ1) is 40.2. The Kier molecular flexibility index (Phi) is 14.2. The average Bonchev–Trinajstić information content (AvgIpc) is 3.61. The van der Waals surface area contributed by atoms with Gasteiger partial charge in [0.05, 0.1) is 24.9 Å². The molecule has 2 aromatic heterocycles. The highest BCUT2D eigenvalue weighted by Crippen LogP contribution is 2.34. The number of carbonyl (C=O) groups excluding carboxylic acids is 2. The van der Waals surface area contributed by atoms with E-state index in [0.29, 0.717) is 11.9 Å². The summed E-state index contributed by atoms with van der Waals surface area (Å²) in [5, 5.41) is 6.65. The van der Waals surface area contributed by atoms with Gasteiger partial charge in [-0.05, 0) is 43.9 Å². The van der Waals surface area contributed by atoms with E-state index >= 15 is 0 Å². The van der Waals surface area contributed by atoms with Gasteiger partial charge in [-0.1, -0.05) is 38.5 Å². The van der Waals surface area contributed by atoms with E-state index in [1.54, 1.807) is 0 Å². The van der Waals surface area contributed by atoms with Crippen LogP contribution >= 0.6 is 0 Å². The summed E-state index contributed by atoms with van der Waals surface area (Å²) < 4.78 is 89.4. The van der Waals surface area contributed by atoms with Crippen molar-refractivity contribution in [1.82, 2.24) is 25.0 Å². The normalized spacial score (nSPS) is 14.8. The number of nitrogens with zero attached hydrogens (tertiary/aromatic N) is 4. The molecule has 0 aliphatic heterocycles. The number of methoxy groups -OCH3 is 1. The third-order valence-electron chi connectivity index (χ3n) is 8.48. The van der Waals surface area contributed by atoms with Crippen molar-refractivity contribution < 1.29 is 50.1 Å². The first-order valence-corrected chi connectivity index (χ1v) is 16.4. The van der Waals surface area contributed by atoms with E-state index in [0.717, 1.165) is 68.3 Å². The maximum Gasteiger partial charge on any atom is 0.410 e. The molecule has 2 aliphatic carbocycles. The van der Waals surface area contributed by atoms with E-state index in [9.17, 15) is 40.7 Å². The first-order chi connectivity index (χ1) is 25.3. The zero-order chi connectivity index (χ0) is 38.7. The molecule has 14 nitrogen and oxygen atoms in total. The van der Waals surface area contributed by atoms with Gasteiger partial charge in [0.25, 0.3) is 0 Å². The van der Waals surface area contributed by atoms with Crippen LogP contribution in [0.1, 0.15) is 76.0 Å². The second-order valence-corrected chi connectivity index (χ2v) is 11.9. The van der Waals surface area contributed by atoms with Crippen LogP contribution in [-0.2, 0) is 9.53 Å². The molecule has 0 radical (unpaired) electrons. The van der Waals surface area contributed by atoms with Crippen molar-refractivity contribution in [3.8, 4) is 11.5 Å². The number of anilines is 1. The summed E-state index contributed by atoms with van der Waals surface area (Å²) in [7, 11) is 1.08. The van der Waals surface area contributed by atoms with Crippen LogP contribution in [0, 0.1) is 24.1 Å². The maximum absolute atomic E-state index is 14.1. The van der Waals surface area contributed by atoms with Gasteiger partial charge in [0.1, 0.15) is 0 Å². The fourth-order valence-electron chi connectivity index (χ4n) is 5.94. The Morgan fingerprint density at radius 1 is 0.943 bits per heavy atom.